The average molecular weight is 487 g/mol. The zero-order valence-corrected chi connectivity index (χ0v) is 19.8. The molecule has 0 spiro atoms. The fourth-order valence-electron chi connectivity index (χ4n) is 3.49. The Labute approximate surface area is 200 Å². The molecule has 1 unspecified atom stereocenters. The van der Waals surface area contributed by atoms with Crippen LogP contribution >= 0.6 is 11.3 Å². The number of rotatable bonds is 10. The number of amides is 1. The number of carbonyl (C=O) groups is 1. The Morgan fingerprint density at radius 2 is 2.00 bits per heavy atom. The van der Waals surface area contributed by atoms with Crippen LogP contribution in [0, 0.1) is 6.92 Å². The third kappa shape index (κ3) is 5.91. The number of aromatic nitrogens is 3. The van der Waals surface area contributed by atoms with Crippen molar-refractivity contribution in [1.29, 1.82) is 0 Å². The molecule has 3 aromatic rings. The molecule has 1 atom stereocenters. The normalized spacial score (nSPS) is 15.2. The summed E-state index contributed by atoms with van der Waals surface area (Å²) in [6.07, 6.45) is 3.51. The SMILES string of the molecule is COc1ccc(OCCn2ccc(=O)c(OCC(=O)Nc3nnc(C4CCCO4)s3)c2C)cc1. The first-order chi connectivity index (χ1) is 16.5. The van der Waals surface area contributed by atoms with E-state index >= 15 is 0 Å². The molecule has 11 heteroatoms. The number of nitrogens with zero attached hydrogens (tertiary/aromatic N) is 3. The van der Waals surface area contributed by atoms with Crippen molar-refractivity contribution in [3.63, 3.8) is 0 Å². The zero-order chi connectivity index (χ0) is 23.9. The Balaban J connectivity index is 1.30. The molecule has 1 aliphatic rings. The maximum Gasteiger partial charge on any atom is 0.264 e. The summed E-state index contributed by atoms with van der Waals surface area (Å²) >= 11 is 1.28. The number of pyridine rings is 1. The standard InChI is InChI=1S/C23H26N4O6S/c1-15-21(33-14-20(29)24-23-26-25-22(34-23)19-4-3-12-32-19)18(28)9-10-27(15)11-13-31-17-7-5-16(30-2)6-8-17/h5-10,19H,3-4,11-14H2,1-2H3,(H,24,26,29). The molecule has 0 saturated carbocycles. The second-order valence-corrected chi connectivity index (χ2v) is 8.60. The summed E-state index contributed by atoms with van der Waals surface area (Å²) in [4.78, 5) is 24.7. The number of hydrogen-bond donors (Lipinski definition) is 1. The van der Waals surface area contributed by atoms with E-state index < -0.39 is 5.91 Å². The van der Waals surface area contributed by atoms with E-state index in [1.54, 1.807) is 20.2 Å². The summed E-state index contributed by atoms with van der Waals surface area (Å²) in [7, 11) is 1.61. The van der Waals surface area contributed by atoms with Gasteiger partial charge in [-0.25, -0.2) is 0 Å². The minimum atomic E-state index is -0.424. The quantitative estimate of drug-likeness (QED) is 0.465. The van der Waals surface area contributed by atoms with Gasteiger partial charge in [0.05, 0.1) is 19.3 Å². The average Bonchev–Trinajstić information content (AvgIpc) is 3.53. The van der Waals surface area contributed by atoms with Gasteiger partial charge < -0.3 is 23.5 Å². The van der Waals surface area contributed by atoms with Crippen molar-refractivity contribution in [2.24, 2.45) is 0 Å². The maximum atomic E-state index is 12.3. The van der Waals surface area contributed by atoms with Crippen LogP contribution in [0.2, 0.25) is 0 Å². The van der Waals surface area contributed by atoms with Crippen molar-refractivity contribution in [3.05, 3.63) is 57.5 Å². The van der Waals surface area contributed by atoms with Gasteiger partial charge >= 0.3 is 0 Å². The van der Waals surface area contributed by atoms with Gasteiger partial charge in [-0.3, -0.25) is 14.9 Å². The molecular weight excluding hydrogens is 460 g/mol. The van der Waals surface area contributed by atoms with Gasteiger partial charge in [0, 0.05) is 18.9 Å². The fraction of sp³-hybridized carbons (Fsp3) is 0.391. The molecule has 1 aromatic carbocycles. The van der Waals surface area contributed by atoms with Gasteiger partial charge in [-0.2, -0.15) is 0 Å². The molecule has 10 nitrogen and oxygen atoms in total. The molecule has 3 heterocycles. The predicted octanol–water partition coefficient (Wildman–Crippen LogP) is 2.96. The molecule has 1 fully saturated rings. The van der Waals surface area contributed by atoms with Crippen molar-refractivity contribution >= 4 is 22.4 Å². The summed E-state index contributed by atoms with van der Waals surface area (Å²) in [6, 6.07) is 8.70. The van der Waals surface area contributed by atoms with Crippen molar-refractivity contribution in [3.8, 4) is 17.2 Å². The van der Waals surface area contributed by atoms with Gasteiger partial charge in [-0.15, -0.1) is 10.2 Å². The summed E-state index contributed by atoms with van der Waals surface area (Å²) in [6.45, 7) is 3.04. The first kappa shape index (κ1) is 23.7. The lowest BCUT2D eigenvalue weighted by Crippen LogP contribution is -2.24. The Morgan fingerprint density at radius 1 is 1.21 bits per heavy atom. The molecule has 1 amide bonds. The number of nitrogens with one attached hydrogen (secondary N) is 1. The number of carbonyl (C=O) groups excluding carboxylic acids is 1. The monoisotopic (exact) mass is 486 g/mol. The third-order valence-corrected chi connectivity index (χ3v) is 6.22. The lowest BCUT2D eigenvalue weighted by atomic mass is 10.2. The van der Waals surface area contributed by atoms with Crippen LogP contribution < -0.4 is 25.0 Å². The van der Waals surface area contributed by atoms with Gasteiger partial charge in [0.15, 0.2) is 12.4 Å². The van der Waals surface area contributed by atoms with Gasteiger partial charge in [-0.05, 0) is 44.0 Å². The molecule has 2 aromatic heterocycles. The predicted molar refractivity (Wildman–Crippen MR) is 126 cm³/mol. The van der Waals surface area contributed by atoms with Crippen molar-refractivity contribution in [1.82, 2.24) is 14.8 Å². The molecule has 1 aliphatic heterocycles. The largest absolute Gasteiger partial charge is 0.497 e. The van der Waals surface area contributed by atoms with Crippen LogP contribution in [-0.4, -0.2) is 47.6 Å². The summed E-state index contributed by atoms with van der Waals surface area (Å²) in [5, 5.41) is 11.8. The van der Waals surface area contributed by atoms with Crippen molar-refractivity contribution < 1.29 is 23.7 Å². The maximum absolute atomic E-state index is 12.3. The highest BCUT2D eigenvalue weighted by molar-refractivity contribution is 7.15. The summed E-state index contributed by atoms with van der Waals surface area (Å²) in [5.41, 5.74) is 0.310. The van der Waals surface area contributed by atoms with Gasteiger partial charge in [0.2, 0.25) is 10.6 Å². The molecule has 34 heavy (non-hydrogen) atoms. The molecule has 180 valence electrons. The lowest BCUT2D eigenvalue weighted by molar-refractivity contribution is -0.118. The lowest BCUT2D eigenvalue weighted by Gasteiger charge is -2.15. The van der Waals surface area contributed by atoms with E-state index in [1.165, 1.54) is 17.4 Å². The van der Waals surface area contributed by atoms with Crippen LogP contribution in [0.1, 0.15) is 29.6 Å². The third-order valence-electron chi connectivity index (χ3n) is 5.29. The Kier molecular flexibility index (Phi) is 7.76. The van der Waals surface area contributed by atoms with Gasteiger partial charge in [0.1, 0.15) is 29.2 Å². The minimum absolute atomic E-state index is 0.0569. The summed E-state index contributed by atoms with van der Waals surface area (Å²) < 4.78 is 23.9. The second-order valence-electron chi connectivity index (χ2n) is 7.60. The van der Waals surface area contributed by atoms with E-state index in [1.807, 2.05) is 28.8 Å². The molecule has 1 saturated heterocycles. The first-order valence-electron chi connectivity index (χ1n) is 10.9. The van der Waals surface area contributed by atoms with Crippen molar-refractivity contribution in [2.45, 2.75) is 32.4 Å². The van der Waals surface area contributed by atoms with E-state index in [4.69, 9.17) is 18.9 Å². The highest BCUT2D eigenvalue weighted by Crippen LogP contribution is 2.31. The highest BCUT2D eigenvalue weighted by Gasteiger charge is 2.22. The van der Waals surface area contributed by atoms with Crippen LogP contribution in [-0.2, 0) is 16.1 Å². The van der Waals surface area contributed by atoms with E-state index in [2.05, 4.69) is 15.5 Å². The molecule has 0 radical (unpaired) electrons. The molecule has 0 bridgehead atoms. The van der Waals surface area contributed by atoms with Gasteiger partial charge in [-0.1, -0.05) is 11.3 Å². The minimum Gasteiger partial charge on any atom is -0.497 e. The van der Waals surface area contributed by atoms with E-state index in [9.17, 15) is 9.59 Å². The molecule has 0 aliphatic carbocycles. The number of methoxy groups -OCH3 is 1. The van der Waals surface area contributed by atoms with Crippen LogP contribution in [0.5, 0.6) is 17.2 Å². The van der Waals surface area contributed by atoms with E-state index in [0.717, 1.165) is 23.6 Å². The Hall–Kier alpha value is -3.44. The topological polar surface area (TPSA) is 114 Å². The molecule has 4 rings (SSSR count). The zero-order valence-electron chi connectivity index (χ0n) is 19.0. The van der Waals surface area contributed by atoms with Crippen LogP contribution in [0.15, 0.2) is 41.3 Å². The summed E-state index contributed by atoms with van der Waals surface area (Å²) in [5.74, 6) is 1.17. The Morgan fingerprint density at radius 3 is 2.74 bits per heavy atom. The molecular formula is C23H26N4O6S. The first-order valence-corrected chi connectivity index (χ1v) is 11.7. The van der Waals surface area contributed by atoms with Crippen LogP contribution in [0.4, 0.5) is 5.13 Å². The van der Waals surface area contributed by atoms with Gasteiger partial charge in [0.25, 0.3) is 5.91 Å². The highest BCUT2D eigenvalue weighted by atomic mass is 32.1. The van der Waals surface area contributed by atoms with E-state index in [-0.39, 0.29) is 23.9 Å². The Bertz CT molecular complexity index is 1170. The van der Waals surface area contributed by atoms with Crippen molar-refractivity contribution in [2.75, 3.05) is 32.2 Å². The fourth-order valence-corrected chi connectivity index (χ4v) is 4.33. The number of benzene rings is 1. The number of hydrogen-bond acceptors (Lipinski definition) is 9. The molecule has 1 N–H and O–H groups in total. The number of ether oxygens (including phenoxy) is 4. The van der Waals surface area contributed by atoms with Crippen LogP contribution in [0.25, 0.3) is 0 Å². The van der Waals surface area contributed by atoms with E-state index in [0.29, 0.717) is 36.3 Å². The smallest absolute Gasteiger partial charge is 0.264 e. The van der Waals surface area contributed by atoms with Crippen LogP contribution in [0.3, 0.4) is 0 Å². The second kappa shape index (κ2) is 11.1. The number of anilines is 1.